The van der Waals surface area contributed by atoms with Crippen molar-refractivity contribution in [3.8, 4) is 0 Å². The largest absolute Gasteiger partial charge is 0.469 e. The minimum absolute atomic E-state index is 0.0469. The van der Waals surface area contributed by atoms with E-state index in [0.717, 1.165) is 24.9 Å². The van der Waals surface area contributed by atoms with Crippen LogP contribution in [0, 0.1) is 17.8 Å². The quantitative estimate of drug-likeness (QED) is 0.608. The minimum atomic E-state index is -0.0469. The molecule has 3 atom stereocenters. The van der Waals surface area contributed by atoms with Gasteiger partial charge in [-0.05, 0) is 37.3 Å². The van der Waals surface area contributed by atoms with E-state index in [1.807, 2.05) is 0 Å². The molecule has 0 bridgehead atoms. The molecule has 2 rings (SSSR count). The number of fused-ring (bicyclic) bond motifs is 1. The van der Waals surface area contributed by atoms with Crippen LogP contribution in [0.1, 0.15) is 12.8 Å². The molecule has 1 saturated heterocycles. The van der Waals surface area contributed by atoms with Crippen molar-refractivity contribution < 1.29 is 9.53 Å². The van der Waals surface area contributed by atoms with Gasteiger partial charge in [0.2, 0.25) is 0 Å². The number of ether oxygens (including phenoxy) is 1. The summed E-state index contributed by atoms with van der Waals surface area (Å²) in [5.41, 5.74) is 0. The van der Waals surface area contributed by atoms with E-state index >= 15 is 0 Å². The lowest BCUT2D eigenvalue weighted by molar-refractivity contribution is -0.141. The first-order valence-corrected chi connectivity index (χ1v) is 4.60. The van der Waals surface area contributed by atoms with Crippen molar-refractivity contribution in [1.29, 1.82) is 0 Å². The van der Waals surface area contributed by atoms with Crippen molar-refractivity contribution >= 4 is 5.97 Å². The maximum absolute atomic E-state index is 11.0. The fraction of sp³-hybridized carbons (Fsp3) is 0.889. The zero-order valence-corrected chi connectivity index (χ0v) is 7.38. The molecule has 1 aliphatic carbocycles. The number of carbonyl (C=O) groups excluding carboxylic acids is 1. The summed E-state index contributed by atoms with van der Waals surface area (Å²) in [6.45, 7) is 2.23. The Bertz CT molecular complexity index is 181. The SMILES string of the molecule is COC(=O)CC1C2CCNCC21. The van der Waals surface area contributed by atoms with E-state index in [-0.39, 0.29) is 5.97 Å². The van der Waals surface area contributed by atoms with Gasteiger partial charge in [-0.15, -0.1) is 0 Å². The molecule has 1 heterocycles. The minimum Gasteiger partial charge on any atom is -0.469 e. The summed E-state index contributed by atoms with van der Waals surface area (Å²) < 4.78 is 4.65. The van der Waals surface area contributed by atoms with Crippen molar-refractivity contribution in [2.45, 2.75) is 12.8 Å². The topological polar surface area (TPSA) is 38.3 Å². The lowest BCUT2D eigenvalue weighted by atomic mass is 10.2. The summed E-state index contributed by atoms with van der Waals surface area (Å²) in [5, 5.41) is 3.35. The highest BCUT2D eigenvalue weighted by Crippen LogP contribution is 2.51. The first-order valence-electron chi connectivity index (χ1n) is 4.60. The lowest BCUT2D eigenvalue weighted by Gasteiger charge is -2.08. The van der Waals surface area contributed by atoms with Crippen molar-refractivity contribution in [3.05, 3.63) is 0 Å². The summed E-state index contributed by atoms with van der Waals surface area (Å²) in [5.74, 6) is 2.14. The third kappa shape index (κ3) is 1.33. The van der Waals surface area contributed by atoms with Gasteiger partial charge < -0.3 is 10.1 Å². The van der Waals surface area contributed by atoms with E-state index in [0.29, 0.717) is 12.3 Å². The van der Waals surface area contributed by atoms with Gasteiger partial charge in [0.1, 0.15) is 0 Å². The fourth-order valence-electron chi connectivity index (χ4n) is 2.37. The molecule has 2 aliphatic rings. The van der Waals surface area contributed by atoms with E-state index in [9.17, 15) is 4.79 Å². The van der Waals surface area contributed by atoms with E-state index in [4.69, 9.17) is 0 Å². The van der Waals surface area contributed by atoms with Crippen LogP contribution in [0.5, 0.6) is 0 Å². The highest BCUT2D eigenvalue weighted by molar-refractivity contribution is 5.70. The fourth-order valence-corrected chi connectivity index (χ4v) is 2.37. The van der Waals surface area contributed by atoms with Crippen LogP contribution >= 0.6 is 0 Å². The molecule has 12 heavy (non-hydrogen) atoms. The van der Waals surface area contributed by atoms with E-state index in [1.54, 1.807) is 0 Å². The van der Waals surface area contributed by atoms with Crippen molar-refractivity contribution in [2.75, 3.05) is 20.2 Å². The summed E-state index contributed by atoms with van der Waals surface area (Å²) in [6, 6.07) is 0. The molecule has 0 amide bonds. The highest BCUT2D eigenvalue weighted by Gasteiger charge is 2.51. The van der Waals surface area contributed by atoms with Gasteiger partial charge in [0.25, 0.3) is 0 Å². The van der Waals surface area contributed by atoms with Crippen LogP contribution in [0.15, 0.2) is 0 Å². The zero-order valence-electron chi connectivity index (χ0n) is 7.38. The molecule has 68 valence electrons. The number of hydrogen-bond acceptors (Lipinski definition) is 3. The predicted molar refractivity (Wildman–Crippen MR) is 44.6 cm³/mol. The molecule has 0 radical (unpaired) electrons. The molecular formula is C9H15NO2. The van der Waals surface area contributed by atoms with Crippen LogP contribution in [-0.2, 0) is 9.53 Å². The Hall–Kier alpha value is -0.570. The number of methoxy groups -OCH3 is 1. The van der Waals surface area contributed by atoms with Gasteiger partial charge in [-0.3, -0.25) is 4.79 Å². The second kappa shape index (κ2) is 3.05. The third-order valence-corrected chi connectivity index (χ3v) is 3.17. The Labute approximate surface area is 72.5 Å². The molecule has 1 saturated carbocycles. The lowest BCUT2D eigenvalue weighted by Crippen LogP contribution is -2.23. The van der Waals surface area contributed by atoms with Gasteiger partial charge in [-0.25, -0.2) is 0 Å². The van der Waals surface area contributed by atoms with Crippen molar-refractivity contribution in [1.82, 2.24) is 5.32 Å². The second-order valence-electron chi connectivity index (χ2n) is 3.76. The van der Waals surface area contributed by atoms with Crippen LogP contribution in [0.2, 0.25) is 0 Å². The van der Waals surface area contributed by atoms with Crippen molar-refractivity contribution in [3.63, 3.8) is 0 Å². The molecule has 0 spiro atoms. The number of carbonyl (C=O) groups is 1. The number of nitrogens with one attached hydrogen (secondary N) is 1. The van der Waals surface area contributed by atoms with Crippen LogP contribution in [0.3, 0.4) is 0 Å². The summed E-state index contributed by atoms with van der Waals surface area (Å²) >= 11 is 0. The predicted octanol–water partition coefficient (Wildman–Crippen LogP) is 0.405. The molecule has 1 N–H and O–H groups in total. The van der Waals surface area contributed by atoms with Gasteiger partial charge in [-0.1, -0.05) is 0 Å². The molecule has 3 unspecified atom stereocenters. The van der Waals surface area contributed by atoms with Crippen LogP contribution in [0.25, 0.3) is 0 Å². The molecule has 1 aliphatic heterocycles. The average molecular weight is 169 g/mol. The standard InChI is InChI=1S/C9H15NO2/c1-12-9(11)4-7-6-2-3-10-5-8(6)7/h6-8,10H,2-5H2,1H3. The number of piperidine rings is 1. The molecule has 0 aromatic rings. The van der Waals surface area contributed by atoms with Crippen molar-refractivity contribution in [2.24, 2.45) is 17.8 Å². The van der Waals surface area contributed by atoms with Gasteiger partial charge in [-0.2, -0.15) is 0 Å². The summed E-state index contributed by atoms with van der Waals surface area (Å²) in [6.07, 6.45) is 1.87. The summed E-state index contributed by atoms with van der Waals surface area (Å²) in [7, 11) is 1.46. The number of hydrogen-bond donors (Lipinski definition) is 1. The van der Waals surface area contributed by atoms with Gasteiger partial charge in [0, 0.05) is 6.42 Å². The third-order valence-electron chi connectivity index (χ3n) is 3.17. The molecule has 0 aromatic carbocycles. The maximum Gasteiger partial charge on any atom is 0.305 e. The van der Waals surface area contributed by atoms with Crippen LogP contribution in [0.4, 0.5) is 0 Å². The van der Waals surface area contributed by atoms with E-state index in [1.165, 1.54) is 13.5 Å². The Morgan fingerprint density at radius 1 is 1.58 bits per heavy atom. The van der Waals surface area contributed by atoms with E-state index in [2.05, 4.69) is 10.1 Å². The molecule has 3 nitrogen and oxygen atoms in total. The number of esters is 1. The van der Waals surface area contributed by atoms with Crippen LogP contribution in [-0.4, -0.2) is 26.2 Å². The Kier molecular flexibility index (Phi) is 2.05. The maximum atomic E-state index is 11.0. The molecule has 2 fully saturated rings. The Morgan fingerprint density at radius 2 is 2.42 bits per heavy atom. The molecule has 3 heteroatoms. The second-order valence-corrected chi connectivity index (χ2v) is 3.76. The number of rotatable bonds is 2. The monoisotopic (exact) mass is 169 g/mol. The Morgan fingerprint density at radius 3 is 3.00 bits per heavy atom. The summed E-state index contributed by atoms with van der Waals surface area (Å²) in [4.78, 5) is 11.0. The van der Waals surface area contributed by atoms with Gasteiger partial charge in [0.15, 0.2) is 0 Å². The smallest absolute Gasteiger partial charge is 0.305 e. The van der Waals surface area contributed by atoms with Crippen LogP contribution < -0.4 is 5.32 Å². The normalized spacial score (nSPS) is 38.6. The van der Waals surface area contributed by atoms with E-state index < -0.39 is 0 Å². The van der Waals surface area contributed by atoms with Gasteiger partial charge in [0.05, 0.1) is 7.11 Å². The zero-order chi connectivity index (χ0) is 8.55. The first kappa shape index (κ1) is 8.05. The first-order chi connectivity index (χ1) is 5.83. The molecule has 0 aromatic heterocycles. The highest BCUT2D eigenvalue weighted by atomic mass is 16.5. The van der Waals surface area contributed by atoms with Gasteiger partial charge >= 0.3 is 5.97 Å². The Balaban J connectivity index is 1.81. The average Bonchev–Trinajstić information content (AvgIpc) is 2.80. The molecular weight excluding hydrogens is 154 g/mol.